The summed E-state index contributed by atoms with van der Waals surface area (Å²) in [5, 5.41) is 10.9. The molecule has 0 amide bonds. The van der Waals surface area contributed by atoms with Crippen LogP contribution in [0.4, 0.5) is 0 Å². The van der Waals surface area contributed by atoms with Gasteiger partial charge >= 0.3 is 0 Å². The maximum absolute atomic E-state index is 15.9. The molecule has 0 unspecified atom stereocenters. The Morgan fingerprint density at radius 1 is 0.574 bits per heavy atom. The molecule has 4 atom stereocenters. The van der Waals surface area contributed by atoms with Crippen LogP contribution in [0.2, 0.25) is 20.1 Å². The van der Waals surface area contributed by atoms with Crippen molar-refractivity contribution in [3.05, 3.63) is 175 Å². The number of carbonyl (C=O) groups is 1. The number of benzene rings is 5. The number of piperidine rings is 1. The van der Waals surface area contributed by atoms with Gasteiger partial charge in [-0.2, -0.15) is 0 Å². The van der Waals surface area contributed by atoms with Crippen LogP contribution in [0.5, 0.6) is 0 Å². The van der Waals surface area contributed by atoms with Gasteiger partial charge in [-0.15, -0.1) is 0 Å². The van der Waals surface area contributed by atoms with Crippen molar-refractivity contribution in [3.8, 4) is 0 Å². The van der Waals surface area contributed by atoms with Gasteiger partial charge in [0.2, 0.25) is 17.0 Å². The number of halogens is 7. The summed E-state index contributed by atoms with van der Waals surface area (Å²) in [6.07, 6.45) is 0. The fraction of sp³-hybridized carbons (Fsp3) is 0.195. The molecule has 2 spiro atoms. The predicted octanol–water partition coefficient (Wildman–Crippen LogP) is 11.6. The van der Waals surface area contributed by atoms with E-state index in [-0.39, 0.29) is 18.9 Å². The van der Waals surface area contributed by atoms with E-state index in [1.165, 1.54) is 0 Å². The molecule has 0 saturated carbocycles. The van der Waals surface area contributed by atoms with Crippen molar-refractivity contribution in [1.82, 2.24) is 4.90 Å². The van der Waals surface area contributed by atoms with Crippen LogP contribution < -0.4 is 0 Å². The fourth-order valence-electron chi connectivity index (χ4n) is 7.68. The fourth-order valence-corrected chi connectivity index (χ4v) is 8.87. The van der Waals surface area contributed by atoms with E-state index in [1.54, 1.807) is 36.4 Å². The molecular formula is C41H30Cl7N3O3. The van der Waals surface area contributed by atoms with Gasteiger partial charge < -0.3 is 9.68 Å². The van der Waals surface area contributed by atoms with Crippen LogP contribution >= 0.6 is 81.2 Å². The van der Waals surface area contributed by atoms with Crippen molar-refractivity contribution in [3.63, 3.8) is 0 Å². The van der Waals surface area contributed by atoms with E-state index in [1.807, 2.05) is 78.9 Å². The molecule has 3 heterocycles. The van der Waals surface area contributed by atoms with Gasteiger partial charge in [0.15, 0.2) is 4.30 Å². The van der Waals surface area contributed by atoms with E-state index >= 15 is 4.79 Å². The number of likely N-dealkylation sites (tertiary alicyclic amines) is 1. The molecule has 54 heavy (non-hydrogen) atoms. The van der Waals surface area contributed by atoms with Crippen LogP contribution in [0.1, 0.15) is 39.7 Å². The lowest BCUT2D eigenvalue weighted by Gasteiger charge is -2.49. The Balaban J connectivity index is 0.00000107. The molecule has 5 aromatic rings. The van der Waals surface area contributed by atoms with Gasteiger partial charge in [-0.05, 0) is 41.0 Å². The van der Waals surface area contributed by atoms with E-state index < -0.39 is 27.3 Å². The average Bonchev–Trinajstić information content (AvgIpc) is 3.71. The van der Waals surface area contributed by atoms with Crippen LogP contribution in [0.3, 0.4) is 0 Å². The molecule has 6 nitrogen and oxygen atoms in total. The van der Waals surface area contributed by atoms with Crippen LogP contribution in [0.15, 0.2) is 138 Å². The zero-order chi connectivity index (χ0) is 38.0. The second-order valence-electron chi connectivity index (χ2n) is 13.0. The third-order valence-corrected chi connectivity index (χ3v) is 11.0. The Morgan fingerprint density at radius 3 is 1.30 bits per heavy atom. The molecule has 1 saturated heterocycles. The third-order valence-electron chi connectivity index (χ3n) is 9.73. The minimum absolute atomic E-state index is 0.199. The smallest absolute Gasteiger partial charge is 0.230 e. The SMILES string of the molecule is ClC(Cl)Cl.O=C1[C@@]2(CN(Cc3ccccc3)C[C@@]13ON=C(c1c(Cl)cccc1Cl)[C@@H]3c1ccccc1)ON=C(c1c(Cl)cccc1Cl)[C@@H]2c1ccccc1. The summed E-state index contributed by atoms with van der Waals surface area (Å²) < 4.78 is -0.750. The first-order chi connectivity index (χ1) is 26.1. The topological polar surface area (TPSA) is 63.5 Å². The summed E-state index contributed by atoms with van der Waals surface area (Å²) in [6.45, 7) is 0.895. The average molecular weight is 861 g/mol. The number of hydrogen-bond donors (Lipinski definition) is 0. The molecule has 5 aromatic carbocycles. The summed E-state index contributed by atoms with van der Waals surface area (Å²) in [5.74, 6) is -1.73. The van der Waals surface area contributed by atoms with E-state index in [4.69, 9.17) is 90.9 Å². The van der Waals surface area contributed by atoms with E-state index in [0.29, 0.717) is 49.2 Å². The molecule has 0 aromatic heterocycles. The Kier molecular flexibility index (Phi) is 11.9. The molecule has 8 rings (SSSR count). The Bertz CT molecular complexity index is 2030. The summed E-state index contributed by atoms with van der Waals surface area (Å²) in [5.41, 5.74) is 1.47. The predicted molar refractivity (Wildman–Crippen MR) is 220 cm³/mol. The molecule has 0 aliphatic carbocycles. The Morgan fingerprint density at radius 2 is 0.926 bits per heavy atom. The van der Waals surface area contributed by atoms with Gasteiger partial charge in [-0.3, -0.25) is 9.69 Å². The number of rotatable bonds is 6. The number of ketones is 1. The van der Waals surface area contributed by atoms with Gasteiger partial charge in [-0.25, -0.2) is 0 Å². The Labute approximate surface area is 348 Å². The summed E-state index contributed by atoms with van der Waals surface area (Å²) in [4.78, 5) is 31.2. The molecule has 0 bridgehead atoms. The first kappa shape index (κ1) is 39.0. The van der Waals surface area contributed by atoms with Crippen molar-refractivity contribution in [2.24, 2.45) is 10.3 Å². The Hall–Kier alpha value is -3.30. The van der Waals surface area contributed by atoms with Gasteiger partial charge in [-0.1, -0.05) is 195 Å². The number of hydrogen-bond acceptors (Lipinski definition) is 6. The minimum atomic E-state index is -1.57. The summed E-state index contributed by atoms with van der Waals surface area (Å²) in [7, 11) is 0. The lowest BCUT2D eigenvalue weighted by atomic mass is 9.63. The summed E-state index contributed by atoms with van der Waals surface area (Å²) >= 11 is 41.7. The van der Waals surface area contributed by atoms with Gasteiger partial charge in [0.1, 0.15) is 11.4 Å². The number of carbonyl (C=O) groups excluding carboxylic acids is 1. The van der Waals surface area contributed by atoms with Gasteiger partial charge in [0.05, 0.1) is 31.9 Å². The number of Topliss-reactive ketones (excluding diaryl/α,β-unsaturated/α-hetero) is 1. The van der Waals surface area contributed by atoms with Crippen LogP contribution in [-0.2, 0) is 21.0 Å². The highest BCUT2D eigenvalue weighted by atomic mass is 35.6. The van der Waals surface area contributed by atoms with Crippen molar-refractivity contribution in [1.29, 1.82) is 0 Å². The van der Waals surface area contributed by atoms with Crippen molar-refractivity contribution in [2.45, 2.75) is 33.9 Å². The zero-order valence-electron chi connectivity index (χ0n) is 28.2. The highest BCUT2D eigenvalue weighted by molar-refractivity contribution is 6.63. The van der Waals surface area contributed by atoms with Crippen molar-refractivity contribution >= 4 is 98.4 Å². The first-order valence-corrected chi connectivity index (χ1v) is 19.6. The molecule has 0 N–H and O–H groups in total. The maximum Gasteiger partial charge on any atom is 0.230 e. The molecule has 1 fully saturated rings. The molecule has 13 heteroatoms. The van der Waals surface area contributed by atoms with Crippen LogP contribution in [0.25, 0.3) is 0 Å². The van der Waals surface area contributed by atoms with Crippen LogP contribution in [0, 0.1) is 0 Å². The van der Waals surface area contributed by atoms with Gasteiger partial charge in [0.25, 0.3) is 0 Å². The molecule has 3 aliphatic heterocycles. The van der Waals surface area contributed by atoms with Crippen molar-refractivity contribution in [2.75, 3.05) is 13.1 Å². The van der Waals surface area contributed by atoms with E-state index in [9.17, 15) is 0 Å². The molecule has 276 valence electrons. The molecule has 0 radical (unpaired) electrons. The molecule has 3 aliphatic rings. The first-order valence-electron chi connectivity index (χ1n) is 16.8. The van der Waals surface area contributed by atoms with Gasteiger partial charge in [0, 0.05) is 30.8 Å². The van der Waals surface area contributed by atoms with E-state index in [0.717, 1.165) is 16.7 Å². The van der Waals surface area contributed by atoms with Crippen molar-refractivity contribution < 1.29 is 14.5 Å². The second-order valence-corrected chi connectivity index (χ2v) is 16.6. The quantitative estimate of drug-likeness (QED) is 0.160. The van der Waals surface area contributed by atoms with E-state index in [2.05, 4.69) is 27.3 Å². The lowest BCUT2D eigenvalue weighted by Crippen LogP contribution is -2.70. The van der Waals surface area contributed by atoms with Crippen LogP contribution in [-0.4, -0.2) is 50.7 Å². The largest absolute Gasteiger partial charge is 0.378 e. The minimum Gasteiger partial charge on any atom is -0.378 e. The number of alkyl halides is 3. The summed E-state index contributed by atoms with van der Waals surface area (Å²) in [6, 6.07) is 40.1. The third kappa shape index (κ3) is 7.36. The zero-order valence-corrected chi connectivity index (χ0v) is 33.5. The normalized spacial score (nSPS) is 23.4. The highest BCUT2D eigenvalue weighted by Crippen LogP contribution is 2.54. The maximum atomic E-state index is 15.9. The molecular weight excluding hydrogens is 831 g/mol. The monoisotopic (exact) mass is 857 g/mol. The second kappa shape index (κ2) is 16.4. The standard InChI is InChI=1S/C40H29Cl4N3O3.CHCl3/c41-28-18-10-19-29(42)32(28)36-34(26-14-6-2-7-15-26)39(49-45-36)23-47(22-25-12-4-1-5-13-25)24-40(38(39)48)35(27-16-8-3-9-17-27)37(46-50-40)33-30(43)20-11-21-31(33)44;2-1(3)4/h1-21,34-35H,22-24H2;1H/t34-,35-,39-,40-;/m0./s1. The number of nitrogens with zero attached hydrogens (tertiary/aromatic N) is 3. The highest BCUT2D eigenvalue weighted by Gasteiger charge is 2.71. The lowest BCUT2D eigenvalue weighted by molar-refractivity contribution is -0.186. The number of oxime groups is 2.